The van der Waals surface area contributed by atoms with Crippen LogP contribution in [0, 0.1) is 10.7 Å². The van der Waals surface area contributed by atoms with E-state index in [1.54, 1.807) is 24.3 Å². The average Bonchev–Trinajstić information content (AvgIpc) is 3.70. The lowest BCUT2D eigenvalue weighted by Gasteiger charge is -2.36. The van der Waals surface area contributed by atoms with E-state index in [0.29, 0.717) is 29.3 Å². The van der Waals surface area contributed by atoms with E-state index in [9.17, 15) is 19.2 Å². The van der Waals surface area contributed by atoms with Crippen LogP contribution < -0.4 is 10.1 Å². The molecular formula is C29H31ClFN3O4. The number of halogens is 2. The highest BCUT2D eigenvalue weighted by molar-refractivity contribution is 6.32. The third-order valence-corrected chi connectivity index (χ3v) is 7.53. The summed E-state index contributed by atoms with van der Waals surface area (Å²) in [5.41, 5.74) is 1.48. The van der Waals surface area contributed by atoms with Gasteiger partial charge in [0.2, 0.25) is 5.91 Å². The van der Waals surface area contributed by atoms with Crippen LogP contribution in [0.2, 0.25) is 5.02 Å². The molecule has 9 heteroatoms. The first-order chi connectivity index (χ1) is 18.4. The van der Waals surface area contributed by atoms with Crippen molar-refractivity contribution in [3.05, 3.63) is 81.5 Å². The molecule has 1 aliphatic heterocycles. The summed E-state index contributed by atoms with van der Waals surface area (Å²) < 4.78 is 19.3. The summed E-state index contributed by atoms with van der Waals surface area (Å²) in [6, 6.07) is 13.6. The van der Waals surface area contributed by atoms with E-state index in [2.05, 4.69) is 15.4 Å². The van der Waals surface area contributed by atoms with Crippen LogP contribution in [-0.4, -0.2) is 53.7 Å². The van der Waals surface area contributed by atoms with E-state index in [1.165, 1.54) is 12.1 Å². The van der Waals surface area contributed by atoms with Crippen molar-refractivity contribution in [1.29, 1.82) is 0 Å². The van der Waals surface area contributed by atoms with Gasteiger partial charge >= 0.3 is 0 Å². The van der Waals surface area contributed by atoms with Crippen LogP contribution in [0.1, 0.15) is 42.9 Å². The van der Waals surface area contributed by atoms with Gasteiger partial charge in [0.1, 0.15) is 17.7 Å². The molecule has 1 aliphatic carbocycles. The Bertz CT molecular complexity index is 1310. The van der Waals surface area contributed by atoms with Gasteiger partial charge in [0.05, 0.1) is 17.2 Å². The van der Waals surface area contributed by atoms with Gasteiger partial charge in [-0.1, -0.05) is 47.1 Å². The maximum absolute atomic E-state index is 13.5. The number of hydrogen-bond donors (Lipinski definition) is 2. The number of rotatable bonds is 12. The molecule has 5 rings (SSSR count). The van der Waals surface area contributed by atoms with E-state index in [-0.39, 0.29) is 18.3 Å². The van der Waals surface area contributed by atoms with Gasteiger partial charge in [-0.15, -0.1) is 4.91 Å². The fraction of sp³-hybridized carbons (Fsp3) is 0.414. The monoisotopic (exact) mass is 539 g/mol. The summed E-state index contributed by atoms with van der Waals surface area (Å²) in [4.78, 5) is 26.9. The quantitative estimate of drug-likeness (QED) is 0.310. The second kappa shape index (κ2) is 11.8. The van der Waals surface area contributed by atoms with Gasteiger partial charge in [-0.05, 0) is 91.4 Å². The molecule has 1 saturated heterocycles. The number of nitrogens with one attached hydrogen (secondary N) is 1. The number of amides is 1. The summed E-state index contributed by atoms with van der Waals surface area (Å²) in [6.45, 7) is 2.21. The number of aliphatic hydroxyl groups excluding tert-OH is 1. The maximum atomic E-state index is 13.5. The summed E-state index contributed by atoms with van der Waals surface area (Å²) >= 11 is 6.41. The minimum absolute atomic E-state index is 0.201. The summed E-state index contributed by atoms with van der Waals surface area (Å²) in [6.07, 6.45) is 2.93. The zero-order valence-electron chi connectivity index (χ0n) is 21.0. The molecule has 0 spiro atoms. The van der Waals surface area contributed by atoms with Gasteiger partial charge in [-0.25, -0.2) is 4.39 Å². The fourth-order valence-electron chi connectivity index (χ4n) is 4.70. The molecule has 1 heterocycles. The molecule has 1 saturated carbocycles. The van der Waals surface area contributed by atoms with E-state index in [0.717, 1.165) is 48.7 Å². The molecule has 38 heavy (non-hydrogen) atoms. The Kier molecular flexibility index (Phi) is 8.21. The van der Waals surface area contributed by atoms with Crippen LogP contribution in [0.5, 0.6) is 5.75 Å². The molecule has 3 aromatic carbocycles. The Labute approximate surface area is 225 Å². The van der Waals surface area contributed by atoms with Crippen molar-refractivity contribution in [2.24, 2.45) is 5.18 Å². The highest BCUT2D eigenvalue weighted by Gasteiger charge is 2.31. The zero-order chi connectivity index (χ0) is 26.6. The van der Waals surface area contributed by atoms with Crippen molar-refractivity contribution < 1.29 is 19.0 Å². The Morgan fingerprint density at radius 3 is 2.58 bits per heavy atom. The number of carbonyl (C=O) groups excluding carboxylic acids is 1. The first kappa shape index (κ1) is 26.5. The molecule has 7 nitrogen and oxygen atoms in total. The Morgan fingerprint density at radius 2 is 1.89 bits per heavy atom. The topological polar surface area (TPSA) is 91.2 Å². The van der Waals surface area contributed by atoms with Crippen molar-refractivity contribution >= 4 is 28.3 Å². The number of hydrogen-bond acceptors (Lipinski definition) is 6. The lowest BCUT2D eigenvalue weighted by atomic mass is 9.98. The third-order valence-electron chi connectivity index (χ3n) is 7.23. The molecule has 2 N–H and O–H groups in total. The van der Waals surface area contributed by atoms with E-state index in [4.69, 9.17) is 16.3 Å². The lowest BCUT2D eigenvalue weighted by molar-refractivity contribution is -0.124. The number of aryl methyl sites for hydroxylation is 1. The summed E-state index contributed by atoms with van der Waals surface area (Å²) in [5, 5.41) is 19.3. The predicted octanol–water partition coefficient (Wildman–Crippen LogP) is 5.17. The molecule has 0 bridgehead atoms. The van der Waals surface area contributed by atoms with Crippen molar-refractivity contribution in [1.82, 2.24) is 10.2 Å². The Hall–Kier alpha value is -3.07. The molecule has 1 amide bonds. The van der Waals surface area contributed by atoms with Crippen molar-refractivity contribution in [2.45, 2.75) is 56.4 Å². The van der Waals surface area contributed by atoms with E-state index in [1.807, 2.05) is 18.2 Å². The summed E-state index contributed by atoms with van der Waals surface area (Å²) in [7, 11) is 0. The fourth-order valence-corrected chi connectivity index (χ4v) is 4.93. The normalized spacial score (nSPS) is 17.9. The number of ether oxygens (including phenoxy) is 1. The van der Waals surface area contributed by atoms with E-state index >= 15 is 0 Å². The minimum atomic E-state index is -1.11. The van der Waals surface area contributed by atoms with Crippen molar-refractivity contribution in [3.8, 4) is 5.75 Å². The van der Waals surface area contributed by atoms with Crippen LogP contribution in [0.4, 0.5) is 4.39 Å². The highest BCUT2D eigenvalue weighted by Crippen LogP contribution is 2.34. The largest absolute Gasteiger partial charge is 0.489 e. The molecule has 0 radical (unpaired) electrons. The van der Waals surface area contributed by atoms with Crippen LogP contribution in [0.3, 0.4) is 0 Å². The summed E-state index contributed by atoms with van der Waals surface area (Å²) in [5.74, 6) is -0.239. The number of carbonyl (C=O) groups is 1. The minimum Gasteiger partial charge on any atom is -0.489 e. The number of fused-ring (bicyclic) bond motifs is 1. The van der Waals surface area contributed by atoms with Gasteiger partial charge in [0, 0.05) is 6.54 Å². The van der Waals surface area contributed by atoms with E-state index < -0.39 is 24.1 Å². The van der Waals surface area contributed by atoms with Gasteiger partial charge < -0.3 is 20.1 Å². The first-order valence-corrected chi connectivity index (χ1v) is 13.4. The van der Waals surface area contributed by atoms with Gasteiger partial charge in [0.15, 0.2) is 6.04 Å². The average molecular weight is 540 g/mol. The molecule has 3 aromatic rings. The van der Waals surface area contributed by atoms with Crippen molar-refractivity contribution in [3.63, 3.8) is 0 Å². The molecule has 0 aromatic heterocycles. The molecule has 2 aliphatic rings. The Balaban J connectivity index is 1.24. The van der Waals surface area contributed by atoms with Crippen LogP contribution in [0.15, 0.2) is 59.8 Å². The van der Waals surface area contributed by atoms with Crippen LogP contribution in [-0.2, 0) is 11.2 Å². The molecular weight excluding hydrogens is 509 g/mol. The van der Waals surface area contributed by atoms with Gasteiger partial charge in [-0.3, -0.25) is 4.79 Å². The van der Waals surface area contributed by atoms with Gasteiger partial charge in [0.25, 0.3) is 0 Å². The van der Waals surface area contributed by atoms with Gasteiger partial charge in [-0.2, -0.15) is 0 Å². The SMILES string of the molecule is O=NC(CCc1ccc2cc(F)ccc2c1)C(=O)NC(CN1CCC1)C(O)c1ccc(OC2CC2)c(Cl)c1. The molecule has 3 atom stereocenters. The second-order valence-corrected chi connectivity index (χ2v) is 10.6. The number of benzene rings is 3. The third kappa shape index (κ3) is 6.49. The first-order valence-electron chi connectivity index (χ1n) is 13.1. The Morgan fingerprint density at radius 1 is 1.13 bits per heavy atom. The standard InChI is InChI=1S/C29H31ClFN3O4/c30-24-16-21(6-11-27(24)38-23-8-9-23)28(35)26(17-34-12-1-13-34)32-29(36)25(33-37)10-3-18-2-4-20-15-22(31)7-5-19(20)14-18/h2,4-7,11,14-16,23,25-26,28,35H,1,3,8-10,12-13,17H2,(H,32,36). The highest BCUT2D eigenvalue weighted by atomic mass is 35.5. The number of aliphatic hydroxyl groups is 1. The molecule has 3 unspecified atom stereocenters. The number of nitroso groups, excluding NO2 is 1. The lowest BCUT2D eigenvalue weighted by Crippen LogP contribution is -2.52. The second-order valence-electron chi connectivity index (χ2n) is 10.2. The predicted molar refractivity (Wildman–Crippen MR) is 145 cm³/mol. The molecule has 200 valence electrons. The molecule has 2 fully saturated rings. The van der Waals surface area contributed by atoms with Crippen LogP contribution >= 0.6 is 11.6 Å². The number of likely N-dealkylation sites (tertiary alicyclic amines) is 1. The maximum Gasteiger partial charge on any atom is 0.248 e. The number of nitrogens with zero attached hydrogens (tertiary/aromatic N) is 2. The zero-order valence-corrected chi connectivity index (χ0v) is 21.7. The smallest absolute Gasteiger partial charge is 0.248 e. The van der Waals surface area contributed by atoms with Crippen LogP contribution in [0.25, 0.3) is 10.8 Å². The van der Waals surface area contributed by atoms with Crippen molar-refractivity contribution in [2.75, 3.05) is 19.6 Å².